The zero-order chi connectivity index (χ0) is 14.4. The summed E-state index contributed by atoms with van der Waals surface area (Å²) in [6, 6.07) is 15.8. The van der Waals surface area contributed by atoms with Crippen molar-refractivity contribution >= 4 is 5.97 Å². The van der Waals surface area contributed by atoms with E-state index in [-0.39, 0.29) is 11.3 Å². The minimum absolute atomic E-state index is 0.128. The molecule has 2 aliphatic carbocycles. The normalized spacial score (nSPS) is 25.6. The van der Waals surface area contributed by atoms with Crippen molar-refractivity contribution in [2.45, 2.75) is 24.7 Å². The second kappa shape index (κ2) is 4.35. The molecule has 0 aliphatic heterocycles. The van der Waals surface area contributed by atoms with E-state index in [4.69, 9.17) is 4.74 Å². The first-order valence-corrected chi connectivity index (χ1v) is 7.28. The van der Waals surface area contributed by atoms with E-state index in [0.717, 1.165) is 30.8 Å². The lowest BCUT2D eigenvalue weighted by Crippen LogP contribution is -2.11. The molecule has 1 N–H and O–H groups in total. The van der Waals surface area contributed by atoms with E-state index < -0.39 is 5.97 Å². The summed E-state index contributed by atoms with van der Waals surface area (Å²) in [7, 11) is 0. The van der Waals surface area contributed by atoms with Crippen LogP contribution >= 0.6 is 0 Å². The number of benzene rings is 2. The van der Waals surface area contributed by atoms with Crippen LogP contribution in [0.3, 0.4) is 0 Å². The number of carbonyl (C=O) groups is 1. The summed E-state index contributed by atoms with van der Waals surface area (Å²) in [5.41, 5.74) is 2.33. The van der Waals surface area contributed by atoms with Crippen LogP contribution in [0.25, 0.3) is 0 Å². The van der Waals surface area contributed by atoms with E-state index >= 15 is 0 Å². The van der Waals surface area contributed by atoms with Gasteiger partial charge in [0.25, 0.3) is 0 Å². The Labute approximate surface area is 123 Å². The van der Waals surface area contributed by atoms with E-state index in [1.807, 2.05) is 42.5 Å². The molecule has 2 unspecified atom stereocenters. The van der Waals surface area contributed by atoms with Gasteiger partial charge in [-0.2, -0.15) is 0 Å². The molecule has 3 heteroatoms. The molecule has 1 spiro atoms. The van der Waals surface area contributed by atoms with Gasteiger partial charge in [0.2, 0.25) is 0 Å². The zero-order valence-corrected chi connectivity index (χ0v) is 11.6. The van der Waals surface area contributed by atoms with Gasteiger partial charge in [0.05, 0.1) is 5.92 Å². The van der Waals surface area contributed by atoms with Crippen molar-refractivity contribution in [2.24, 2.45) is 5.92 Å². The van der Waals surface area contributed by atoms with Crippen LogP contribution in [-0.4, -0.2) is 11.1 Å². The smallest absolute Gasteiger partial charge is 0.307 e. The summed E-state index contributed by atoms with van der Waals surface area (Å²) < 4.78 is 5.87. The van der Waals surface area contributed by atoms with E-state index in [1.165, 1.54) is 11.1 Å². The standard InChI is InChI=1S/C18H16O3/c19-17(20)16-11-18(16)9-8-12-6-7-14(10-15(12)18)21-13-4-2-1-3-5-13/h1-7,10,16H,8-9,11H2,(H,19,20). The molecule has 3 nitrogen and oxygen atoms in total. The first-order valence-electron chi connectivity index (χ1n) is 7.28. The van der Waals surface area contributed by atoms with Crippen molar-refractivity contribution in [3.63, 3.8) is 0 Å². The molecule has 4 rings (SSSR count). The number of ether oxygens (including phenoxy) is 1. The molecule has 0 aromatic heterocycles. The lowest BCUT2D eigenvalue weighted by atomic mass is 9.95. The van der Waals surface area contributed by atoms with E-state index in [1.54, 1.807) is 0 Å². The molecular weight excluding hydrogens is 264 g/mol. The van der Waals surface area contributed by atoms with Gasteiger partial charge in [-0.25, -0.2) is 0 Å². The largest absolute Gasteiger partial charge is 0.481 e. The van der Waals surface area contributed by atoms with E-state index in [9.17, 15) is 9.90 Å². The molecular formula is C18H16O3. The highest BCUT2D eigenvalue weighted by atomic mass is 16.5. The molecule has 2 aromatic carbocycles. The topological polar surface area (TPSA) is 46.5 Å². The predicted octanol–water partition coefficient (Wildman–Crippen LogP) is 3.77. The SMILES string of the molecule is O=C(O)C1CC12CCc1ccc(Oc3ccccc3)cc12. The Morgan fingerprint density at radius 1 is 1.14 bits per heavy atom. The van der Waals surface area contributed by atoms with E-state index in [2.05, 4.69) is 6.07 Å². The number of para-hydroxylation sites is 1. The number of rotatable bonds is 3. The third-order valence-corrected chi connectivity index (χ3v) is 4.81. The van der Waals surface area contributed by atoms with Crippen LogP contribution in [0.2, 0.25) is 0 Å². The van der Waals surface area contributed by atoms with Gasteiger partial charge < -0.3 is 9.84 Å². The molecule has 2 aliphatic rings. The lowest BCUT2D eigenvalue weighted by molar-refractivity contribution is -0.139. The summed E-state index contributed by atoms with van der Waals surface area (Å²) in [4.78, 5) is 11.3. The Hall–Kier alpha value is -2.29. The Morgan fingerprint density at radius 2 is 1.95 bits per heavy atom. The number of carboxylic acid groups (broad SMARTS) is 1. The molecule has 1 saturated carbocycles. The second-order valence-electron chi connectivity index (χ2n) is 5.99. The van der Waals surface area contributed by atoms with Gasteiger partial charge in [0, 0.05) is 5.41 Å². The van der Waals surface area contributed by atoms with Crippen LogP contribution in [0.15, 0.2) is 48.5 Å². The van der Waals surface area contributed by atoms with Crippen LogP contribution in [0.5, 0.6) is 11.5 Å². The van der Waals surface area contributed by atoms with Gasteiger partial charge >= 0.3 is 5.97 Å². The highest BCUT2D eigenvalue weighted by molar-refractivity contribution is 5.78. The molecule has 0 radical (unpaired) electrons. The Bertz CT molecular complexity index is 708. The van der Waals surface area contributed by atoms with Gasteiger partial charge in [-0.15, -0.1) is 0 Å². The number of carboxylic acids is 1. The van der Waals surface area contributed by atoms with Crippen molar-refractivity contribution in [1.82, 2.24) is 0 Å². The minimum atomic E-state index is -0.669. The Kier molecular flexibility index (Phi) is 2.58. The quantitative estimate of drug-likeness (QED) is 0.931. The lowest BCUT2D eigenvalue weighted by Gasteiger charge is -2.12. The number of fused-ring (bicyclic) bond motifs is 2. The maximum absolute atomic E-state index is 11.3. The first-order chi connectivity index (χ1) is 10.2. The Morgan fingerprint density at radius 3 is 2.67 bits per heavy atom. The minimum Gasteiger partial charge on any atom is -0.481 e. The molecule has 2 aromatic rings. The van der Waals surface area contributed by atoms with Crippen LogP contribution < -0.4 is 4.74 Å². The third kappa shape index (κ3) is 1.92. The molecule has 21 heavy (non-hydrogen) atoms. The van der Waals surface area contributed by atoms with Crippen LogP contribution in [-0.2, 0) is 16.6 Å². The third-order valence-electron chi connectivity index (χ3n) is 4.81. The number of aliphatic carboxylic acids is 1. The van der Waals surface area contributed by atoms with Gasteiger partial charge in [-0.3, -0.25) is 4.79 Å². The van der Waals surface area contributed by atoms with E-state index in [0.29, 0.717) is 0 Å². The highest BCUT2D eigenvalue weighted by Crippen LogP contribution is 2.62. The van der Waals surface area contributed by atoms with Crippen molar-refractivity contribution in [3.8, 4) is 11.5 Å². The van der Waals surface area contributed by atoms with Gasteiger partial charge in [-0.05, 0) is 54.7 Å². The van der Waals surface area contributed by atoms with Crippen LogP contribution in [0.4, 0.5) is 0 Å². The van der Waals surface area contributed by atoms with Crippen LogP contribution in [0, 0.1) is 5.92 Å². The van der Waals surface area contributed by atoms with Crippen molar-refractivity contribution in [2.75, 3.05) is 0 Å². The molecule has 0 heterocycles. The summed E-state index contributed by atoms with van der Waals surface area (Å²) in [5.74, 6) is 0.704. The molecule has 1 fully saturated rings. The molecule has 2 atom stereocenters. The van der Waals surface area contributed by atoms with Crippen molar-refractivity contribution in [3.05, 3.63) is 59.7 Å². The van der Waals surface area contributed by atoms with Crippen LogP contribution in [0.1, 0.15) is 24.0 Å². The molecule has 106 valence electrons. The fraction of sp³-hybridized carbons (Fsp3) is 0.278. The van der Waals surface area contributed by atoms with Crippen molar-refractivity contribution < 1.29 is 14.6 Å². The summed E-state index contributed by atoms with van der Waals surface area (Å²) in [5, 5.41) is 9.28. The monoisotopic (exact) mass is 280 g/mol. The molecule has 0 bridgehead atoms. The van der Waals surface area contributed by atoms with Gasteiger partial charge in [0.1, 0.15) is 11.5 Å². The maximum Gasteiger partial charge on any atom is 0.307 e. The second-order valence-corrected chi connectivity index (χ2v) is 5.99. The number of hydrogen-bond acceptors (Lipinski definition) is 2. The fourth-order valence-electron chi connectivity index (χ4n) is 3.62. The molecule has 0 amide bonds. The number of hydrogen-bond donors (Lipinski definition) is 1. The Balaban J connectivity index is 1.66. The van der Waals surface area contributed by atoms with Crippen molar-refractivity contribution in [1.29, 1.82) is 0 Å². The molecule has 0 saturated heterocycles. The highest BCUT2D eigenvalue weighted by Gasteiger charge is 2.61. The average Bonchev–Trinajstić information content (AvgIpc) is 3.12. The van der Waals surface area contributed by atoms with Gasteiger partial charge in [-0.1, -0.05) is 24.3 Å². The maximum atomic E-state index is 11.3. The summed E-state index contributed by atoms with van der Waals surface area (Å²) in [6.07, 6.45) is 2.70. The summed E-state index contributed by atoms with van der Waals surface area (Å²) in [6.45, 7) is 0. The predicted molar refractivity (Wildman–Crippen MR) is 78.7 cm³/mol. The first kappa shape index (κ1) is 12.5. The fourth-order valence-corrected chi connectivity index (χ4v) is 3.62. The number of aryl methyl sites for hydroxylation is 1. The zero-order valence-electron chi connectivity index (χ0n) is 11.6. The van der Waals surface area contributed by atoms with Gasteiger partial charge in [0.15, 0.2) is 0 Å². The average molecular weight is 280 g/mol. The summed E-state index contributed by atoms with van der Waals surface area (Å²) >= 11 is 0.